The van der Waals surface area contributed by atoms with Crippen LogP contribution in [0.3, 0.4) is 0 Å². The van der Waals surface area contributed by atoms with Crippen LogP contribution < -0.4 is 5.32 Å². The second kappa shape index (κ2) is 5.33. The number of anilines is 1. The number of carbonyl (C=O) groups excluding carboxylic acids is 1. The standard InChI is InChI=1S/C16H21NOS/c1-9(2)15-13-8-12(17-11(5)18)6-7-14(13)19-16(15)10(3)4/h6-10H,1-5H3,(H,17,18). The normalized spacial score (nSPS) is 11.5. The summed E-state index contributed by atoms with van der Waals surface area (Å²) in [6, 6.07) is 6.20. The summed E-state index contributed by atoms with van der Waals surface area (Å²) in [6.45, 7) is 10.5. The van der Waals surface area contributed by atoms with Gasteiger partial charge in [-0.3, -0.25) is 4.79 Å². The van der Waals surface area contributed by atoms with Crippen LogP contribution in [0.15, 0.2) is 18.2 Å². The molecule has 0 saturated heterocycles. The SMILES string of the molecule is CC(=O)Nc1ccc2sc(C(C)C)c(C(C)C)c2c1. The fourth-order valence-corrected chi connectivity index (χ4v) is 3.78. The Balaban J connectivity index is 2.62. The lowest BCUT2D eigenvalue weighted by atomic mass is 9.95. The molecule has 0 unspecified atom stereocenters. The number of nitrogens with one attached hydrogen (secondary N) is 1. The molecule has 2 aromatic rings. The lowest BCUT2D eigenvalue weighted by Gasteiger charge is -2.11. The summed E-state index contributed by atoms with van der Waals surface area (Å²) in [5.74, 6) is 1.02. The fraction of sp³-hybridized carbons (Fsp3) is 0.438. The van der Waals surface area contributed by atoms with Crippen LogP contribution in [0.5, 0.6) is 0 Å². The molecule has 1 amide bonds. The number of fused-ring (bicyclic) bond motifs is 1. The molecule has 2 rings (SSSR count). The minimum Gasteiger partial charge on any atom is -0.326 e. The summed E-state index contributed by atoms with van der Waals surface area (Å²) in [6.07, 6.45) is 0. The Hall–Kier alpha value is -1.35. The van der Waals surface area contributed by atoms with Gasteiger partial charge in [-0.15, -0.1) is 11.3 Å². The monoisotopic (exact) mass is 275 g/mol. The number of hydrogen-bond donors (Lipinski definition) is 1. The molecule has 0 aliphatic rings. The van der Waals surface area contributed by atoms with Crippen molar-refractivity contribution in [3.63, 3.8) is 0 Å². The summed E-state index contributed by atoms with van der Waals surface area (Å²) in [5, 5.41) is 4.15. The van der Waals surface area contributed by atoms with Gasteiger partial charge in [-0.2, -0.15) is 0 Å². The molecule has 0 atom stereocenters. The largest absolute Gasteiger partial charge is 0.326 e. The van der Waals surface area contributed by atoms with E-state index in [0.29, 0.717) is 11.8 Å². The van der Waals surface area contributed by atoms with Gasteiger partial charge in [0.05, 0.1) is 0 Å². The van der Waals surface area contributed by atoms with E-state index in [1.807, 2.05) is 17.4 Å². The van der Waals surface area contributed by atoms with E-state index in [0.717, 1.165) is 5.69 Å². The minimum atomic E-state index is -0.0234. The molecule has 1 aromatic carbocycles. The van der Waals surface area contributed by atoms with Crippen LogP contribution in [0.1, 0.15) is 56.9 Å². The third-order valence-electron chi connectivity index (χ3n) is 3.18. The summed E-state index contributed by atoms with van der Waals surface area (Å²) < 4.78 is 1.31. The molecule has 0 spiro atoms. The predicted molar refractivity (Wildman–Crippen MR) is 84.3 cm³/mol. The third kappa shape index (κ3) is 2.81. The zero-order chi connectivity index (χ0) is 14.2. The van der Waals surface area contributed by atoms with Gasteiger partial charge in [-0.05, 0) is 41.0 Å². The Labute approximate surface area is 118 Å². The number of rotatable bonds is 3. The van der Waals surface area contributed by atoms with Crippen molar-refractivity contribution in [1.29, 1.82) is 0 Å². The first-order valence-electron chi connectivity index (χ1n) is 6.74. The fourth-order valence-electron chi connectivity index (χ4n) is 2.44. The van der Waals surface area contributed by atoms with E-state index in [1.165, 1.54) is 20.5 Å². The Bertz CT molecular complexity index is 610. The molecular formula is C16H21NOS. The van der Waals surface area contributed by atoms with Crippen LogP contribution in [0.4, 0.5) is 5.69 Å². The smallest absolute Gasteiger partial charge is 0.221 e. The van der Waals surface area contributed by atoms with E-state index in [9.17, 15) is 4.79 Å². The van der Waals surface area contributed by atoms with Crippen LogP contribution in [-0.2, 0) is 4.79 Å². The van der Waals surface area contributed by atoms with Gasteiger partial charge >= 0.3 is 0 Å². The number of carbonyl (C=O) groups is 1. The Morgan fingerprint density at radius 3 is 2.37 bits per heavy atom. The molecule has 0 saturated carbocycles. The van der Waals surface area contributed by atoms with E-state index < -0.39 is 0 Å². The molecule has 1 N–H and O–H groups in total. The van der Waals surface area contributed by atoms with Crippen molar-refractivity contribution in [3.8, 4) is 0 Å². The number of hydrogen-bond acceptors (Lipinski definition) is 2. The van der Waals surface area contributed by atoms with Crippen LogP contribution in [-0.4, -0.2) is 5.91 Å². The maximum Gasteiger partial charge on any atom is 0.221 e. The summed E-state index contributed by atoms with van der Waals surface area (Å²) in [5.41, 5.74) is 2.32. The lowest BCUT2D eigenvalue weighted by Crippen LogP contribution is -2.05. The van der Waals surface area contributed by atoms with Gasteiger partial charge in [-0.25, -0.2) is 0 Å². The van der Waals surface area contributed by atoms with Gasteiger partial charge in [0.2, 0.25) is 5.91 Å². The van der Waals surface area contributed by atoms with E-state index in [2.05, 4.69) is 45.1 Å². The van der Waals surface area contributed by atoms with Gasteiger partial charge in [0.25, 0.3) is 0 Å². The quantitative estimate of drug-likeness (QED) is 0.829. The second-order valence-corrected chi connectivity index (χ2v) is 6.67. The predicted octanol–water partition coefficient (Wildman–Crippen LogP) is 5.11. The van der Waals surface area contributed by atoms with Crippen molar-refractivity contribution in [2.75, 3.05) is 5.32 Å². The topological polar surface area (TPSA) is 29.1 Å². The highest BCUT2D eigenvalue weighted by Gasteiger charge is 2.17. The van der Waals surface area contributed by atoms with Gasteiger partial charge < -0.3 is 5.32 Å². The van der Waals surface area contributed by atoms with Crippen molar-refractivity contribution < 1.29 is 4.79 Å². The minimum absolute atomic E-state index is 0.0234. The second-order valence-electron chi connectivity index (χ2n) is 5.58. The third-order valence-corrected chi connectivity index (χ3v) is 4.66. The molecule has 0 aliphatic heterocycles. The maximum absolute atomic E-state index is 11.2. The van der Waals surface area contributed by atoms with Crippen LogP contribution in [0.25, 0.3) is 10.1 Å². The van der Waals surface area contributed by atoms with Crippen molar-refractivity contribution in [2.45, 2.75) is 46.5 Å². The van der Waals surface area contributed by atoms with Crippen molar-refractivity contribution in [1.82, 2.24) is 0 Å². The number of amides is 1. The van der Waals surface area contributed by atoms with Crippen molar-refractivity contribution >= 4 is 33.0 Å². The summed E-state index contributed by atoms with van der Waals surface area (Å²) in [7, 11) is 0. The molecule has 1 heterocycles. The molecule has 102 valence electrons. The number of benzene rings is 1. The Morgan fingerprint density at radius 2 is 1.84 bits per heavy atom. The first-order valence-corrected chi connectivity index (χ1v) is 7.55. The lowest BCUT2D eigenvalue weighted by molar-refractivity contribution is -0.114. The average molecular weight is 275 g/mol. The number of thiophene rings is 1. The first-order chi connectivity index (χ1) is 8.90. The van der Waals surface area contributed by atoms with Crippen LogP contribution >= 0.6 is 11.3 Å². The van der Waals surface area contributed by atoms with Crippen LogP contribution in [0.2, 0.25) is 0 Å². The van der Waals surface area contributed by atoms with E-state index in [-0.39, 0.29) is 5.91 Å². The highest BCUT2D eigenvalue weighted by Crippen LogP contribution is 2.40. The highest BCUT2D eigenvalue weighted by atomic mass is 32.1. The molecule has 19 heavy (non-hydrogen) atoms. The molecule has 0 aliphatic carbocycles. The van der Waals surface area contributed by atoms with E-state index in [1.54, 1.807) is 6.92 Å². The summed E-state index contributed by atoms with van der Waals surface area (Å²) >= 11 is 1.88. The molecule has 0 fully saturated rings. The molecular weight excluding hydrogens is 254 g/mol. The molecule has 2 nitrogen and oxygen atoms in total. The van der Waals surface area contributed by atoms with Crippen molar-refractivity contribution in [3.05, 3.63) is 28.6 Å². The molecule has 3 heteroatoms. The highest BCUT2D eigenvalue weighted by molar-refractivity contribution is 7.19. The molecule has 0 radical (unpaired) electrons. The summed E-state index contributed by atoms with van der Waals surface area (Å²) in [4.78, 5) is 12.6. The van der Waals surface area contributed by atoms with Gasteiger partial charge in [0, 0.05) is 22.2 Å². The zero-order valence-corrected chi connectivity index (χ0v) is 13.0. The van der Waals surface area contributed by atoms with Gasteiger partial charge in [0.15, 0.2) is 0 Å². The van der Waals surface area contributed by atoms with E-state index in [4.69, 9.17) is 0 Å². The van der Waals surface area contributed by atoms with Crippen LogP contribution in [0, 0.1) is 0 Å². The Kier molecular flexibility index (Phi) is 3.95. The van der Waals surface area contributed by atoms with Gasteiger partial charge in [-0.1, -0.05) is 27.7 Å². The van der Waals surface area contributed by atoms with Gasteiger partial charge in [0.1, 0.15) is 0 Å². The van der Waals surface area contributed by atoms with E-state index >= 15 is 0 Å². The first kappa shape index (κ1) is 14.1. The Morgan fingerprint density at radius 1 is 1.16 bits per heavy atom. The van der Waals surface area contributed by atoms with Crippen molar-refractivity contribution in [2.24, 2.45) is 0 Å². The zero-order valence-electron chi connectivity index (χ0n) is 12.2. The average Bonchev–Trinajstić information content (AvgIpc) is 2.66. The molecule has 0 bridgehead atoms. The molecule has 1 aromatic heterocycles. The maximum atomic E-state index is 11.2.